The normalized spacial score (nSPS) is 21.6. The first-order valence-corrected chi connectivity index (χ1v) is 10.1. The Labute approximate surface area is 148 Å². The SMILES string of the molecule is CCCCC(N=C1NS(=O)(=O)c2ccccc21)C(=O)N1CCOCC1. The molecule has 1 N–H and O–H groups in total. The number of carbonyl (C=O) groups is 1. The van der Waals surface area contributed by atoms with Gasteiger partial charge in [-0.2, -0.15) is 0 Å². The molecule has 25 heavy (non-hydrogen) atoms. The van der Waals surface area contributed by atoms with E-state index < -0.39 is 16.1 Å². The minimum Gasteiger partial charge on any atom is -0.378 e. The first-order valence-electron chi connectivity index (χ1n) is 8.59. The van der Waals surface area contributed by atoms with E-state index in [1.807, 2.05) is 0 Å². The number of nitrogens with one attached hydrogen (secondary N) is 1. The second-order valence-electron chi connectivity index (χ2n) is 6.18. The molecule has 1 unspecified atom stereocenters. The zero-order chi connectivity index (χ0) is 17.9. The summed E-state index contributed by atoms with van der Waals surface area (Å²) in [4.78, 5) is 19.3. The lowest BCUT2D eigenvalue weighted by atomic mass is 10.1. The Morgan fingerprint density at radius 3 is 2.76 bits per heavy atom. The van der Waals surface area contributed by atoms with E-state index in [-0.39, 0.29) is 16.6 Å². The molecule has 1 atom stereocenters. The molecular weight excluding hydrogens is 342 g/mol. The van der Waals surface area contributed by atoms with Gasteiger partial charge in [0.1, 0.15) is 11.9 Å². The number of benzene rings is 1. The molecule has 1 aromatic carbocycles. The van der Waals surface area contributed by atoms with Crippen LogP contribution in [0.2, 0.25) is 0 Å². The molecule has 0 spiro atoms. The molecule has 2 heterocycles. The van der Waals surface area contributed by atoms with Gasteiger partial charge in [0.2, 0.25) is 5.91 Å². The van der Waals surface area contributed by atoms with Gasteiger partial charge in [0, 0.05) is 18.7 Å². The summed E-state index contributed by atoms with van der Waals surface area (Å²) in [5.74, 6) is 0.200. The third-order valence-corrected chi connectivity index (χ3v) is 5.78. The Balaban J connectivity index is 1.89. The monoisotopic (exact) mass is 365 g/mol. The maximum Gasteiger partial charge on any atom is 0.263 e. The Morgan fingerprint density at radius 2 is 2.04 bits per heavy atom. The average molecular weight is 365 g/mol. The molecule has 8 heteroatoms. The van der Waals surface area contributed by atoms with Gasteiger partial charge in [0.25, 0.3) is 10.0 Å². The fraction of sp³-hybridized carbons (Fsp3) is 0.529. The number of morpholine rings is 1. The number of hydrogen-bond donors (Lipinski definition) is 1. The molecule has 3 rings (SSSR count). The minimum absolute atomic E-state index is 0.0622. The van der Waals surface area contributed by atoms with E-state index in [0.717, 1.165) is 12.8 Å². The van der Waals surface area contributed by atoms with E-state index in [0.29, 0.717) is 38.3 Å². The van der Waals surface area contributed by atoms with Crippen LogP contribution in [0.25, 0.3) is 0 Å². The molecule has 0 aromatic heterocycles. The molecule has 1 fully saturated rings. The Hall–Kier alpha value is -1.93. The number of rotatable bonds is 5. The third-order valence-electron chi connectivity index (χ3n) is 4.39. The zero-order valence-electron chi connectivity index (χ0n) is 14.3. The maximum absolute atomic E-state index is 12.9. The van der Waals surface area contributed by atoms with Crippen molar-refractivity contribution < 1.29 is 17.9 Å². The third kappa shape index (κ3) is 3.85. The summed E-state index contributed by atoms with van der Waals surface area (Å²) >= 11 is 0. The highest BCUT2D eigenvalue weighted by Crippen LogP contribution is 2.23. The average Bonchev–Trinajstić information content (AvgIpc) is 2.89. The van der Waals surface area contributed by atoms with Gasteiger partial charge >= 0.3 is 0 Å². The van der Waals surface area contributed by atoms with E-state index in [4.69, 9.17) is 4.74 Å². The predicted molar refractivity (Wildman–Crippen MR) is 94.0 cm³/mol. The summed E-state index contributed by atoms with van der Waals surface area (Å²) in [6, 6.07) is 6.12. The van der Waals surface area contributed by atoms with Gasteiger partial charge in [0.05, 0.1) is 18.1 Å². The molecule has 7 nitrogen and oxygen atoms in total. The largest absolute Gasteiger partial charge is 0.378 e. The first-order chi connectivity index (χ1) is 12.0. The van der Waals surface area contributed by atoms with E-state index >= 15 is 0 Å². The molecule has 136 valence electrons. The number of aliphatic imine (C=N–C) groups is 1. The topological polar surface area (TPSA) is 88.1 Å². The van der Waals surface area contributed by atoms with Crippen LogP contribution >= 0.6 is 0 Å². The van der Waals surface area contributed by atoms with Crippen molar-refractivity contribution in [3.8, 4) is 0 Å². The number of sulfonamides is 1. The van der Waals surface area contributed by atoms with Gasteiger partial charge < -0.3 is 9.64 Å². The fourth-order valence-electron chi connectivity index (χ4n) is 3.02. The first kappa shape index (κ1) is 17.9. The standard InChI is InChI=1S/C17H23N3O4S/c1-2-3-7-14(17(21)20-9-11-24-12-10-20)18-16-13-6-4-5-8-15(13)25(22,23)19-16/h4-6,8,14H,2-3,7,9-12H2,1H3,(H,18,19). The van der Waals surface area contributed by atoms with Crippen molar-refractivity contribution in [1.82, 2.24) is 9.62 Å². The van der Waals surface area contributed by atoms with Crippen LogP contribution in [-0.4, -0.2) is 57.4 Å². The van der Waals surface area contributed by atoms with Crippen molar-refractivity contribution in [1.29, 1.82) is 0 Å². The van der Waals surface area contributed by atoms with Crippen molar-refractivity contribution in [2.75, 3.05) is 26.3 Å². The summed E-state index contributed by atoms with van der Waals surface area (Å²) in [7, 11) is -3.60. The molecule has 0 bridgehead atoms. The van der Waals surface area contributed by atoms with E-state index in [2.05, 4.69) is 16.6 Å². The zero-order valence-corrected chi connectivity index (χ0v) is 15.1. The highest BCUT2D eigenvalue weighted by Gasteiger charge is 2.32. The molecule has 0 radical (unpaired) electrons. The summed E-state index contributed by atoms with van der Waals surface area (Å²) < 4.78 is 32.2. The van der Waals surface area contributed by atoms with Gasteiger partial charge in [0.15, 0.2) is 0 Å². The fourth-order valence-corrected chi connectivity index (χ4v) is 4.26. The summed E-state index contributed by atoms with van der Waals surface area (Å²) in [6.07, 6.45) is 2.39. The lowest BCUT2D eigenvalue weighted by Gasteiger charge is -2.29. The summed E-state index contributed by atoms with van der Waals surface area (Å²) in [5.41, 5.74) is 0.527. The van der Waals surface area contributed by atoms with Crippen molar-refractivity contribution in [2.45, 2.75) is 37.1 Å². The highest BCUT2D eigenvalue weighted by molar-refractivity contribution is 7.90. The number of carbonyl (C=O) groups excluding carboxylic acids is 1. The molecule has 1 amide bonds. The maximum atomic E-state index is 12.9. The molecule has 1 aromatic rings. The number of amides is 1. The summed E-state index contributed by atoms with van der Waals surface area (Å²) in [5, 5.41) is 0. The number of ether oxygens (including phenoxy) is 1. The van der Waals surface area contributed by atoms with Gasteiger partial charge in [-0.3, -0.25) is 14.5 Å². The molecular formula is C17H23N3O4S. The lowest BCUT2D eigenvalue weighted by molar-refractivity contribution is -0.136. The van der Waals surface area contributed by atoms with Crippen LogP contribution in [0.5, 0.6) is 0 Å². The second-order valence-corrected chi connectivity index (χ2v) is 7.83. The Kier molecular flexibility index (Phi) is 5.39. The second kappa shape index (κ2) is 7.53. The predicted octanol–water partition coefficient (Wildman–Crippen LogP) is 1.14. The van der Waals surface area contributed by atoms with E-state index in [9.17, 15) is 13.2 Å². The molecule has 2 aliphatic rings. The van der Waals surface area contributed by atoms with Gasteiger partial charge in [-0.25, -0.2) is 8.42 Å². The number of hydrogen-bond acceptors (Lipinski definition) is 5. The molecule has 0 aliphatic carbocycles. The smallest absolute Gasteiger partial charge is 0.263 e. The van der Waals surface area contributed by atoms with E-state index in [1.54, 1.807) is 29.2 Å². The van der Waals surface area contributed by atoms with Crippen LogP contribution < -0.4 is 4.72 Å². The van der Waals surface area contributed by atoms with Crippen LogP contribution in [-0.2, 0) is 19.6 Å². The Bertz CT molecular complexity index is 770. The van der Waals surface area contributed by atoms with Crippen LogP contribution in [0.1, 0.15) is 31.7 Å². The quantitative estimate of drug-likeness (QED) is 0.848. The molecule has 2 aliphatic heterocycles. The van der Waals surface area contributed by atoms with Crippen molar-refractivity contribution in [2.24, 2.45) is 4.99 Å². The number of amidine groups is 1. The number of nitrogens with zero attached hydrogens (tertiary/aromatic N) is 2. The highest BCUT2D eigenvalue weighted by atomic mass is 32.2. The molecule has 1 saturated heterocycles. The van der Waals surface area contributed by atoms with Crippen LogP contribution in [0.4, 0.5) is 0 Å². The van der Waals surface area contributed by atoms with Crippen molar-refractivity contribution in [3.05, 3.63) is 29.8 Å². The van der Waals surface area contributed by atoms with E-state index in [1.165, 1.54) is 0 Å². The van der Waals surface area contributed by atoms with Crippen molar-refractivity contribution in [3.63, 3.8) is 0 Å². The van der Waals surface area contributed by atoms with Gasteiger partial charge in [-0.05, 0) is 18.6 Å². The Morgan fingerprint density at radius 1 is 1.32 bits per heavy atom. The minimum atomic E-state index is -3.60. The van der Waals surface area contributed by atoms with Crippen LogP contribution in [0, 0.1) is 0 Å². The van der Waals surface area contributed by atoms with Crippen LogP contribution in [0.3, 0.4) is 0 Å². The summed E-state index contributed by atoms with van der Waals surface area (Å²) in [6.45, 7) is 4.21. The van der Waals surface area contributed by atoms with Gasteiger partial charge in [-0.1, -0.05) is 31.9 Å². The van der Waals surface area contributed by atoms with Gasteiger partial charge in [-0.15, -0.1) is 0 Å². The lowest BCUT2D eigenvalue weighted by Crippen LogP contribution is -2.45. The number of unbranched alkanes of at least 4 members (excludes halogenated alkanes) is 1. The van der Waals surface area contributed by atoms with Crippen LogP contribution in [0.15, 0.2) is 34.2 Å². The molecule has 0 saturated carbocycles. The number of fused-ring (bicyclic) bond motifs is 1. The van der Waals surface area contributed by atoms with Crippen molar-refractivity contribution >= 4 is 21.8 Å².